The molecule has 0 amide bonds. The maximum absolute atomic E-state index is 5.78. The molecule has 0 saturated carbocycles. The quantitative estimate of drug-likeness (QED) is 0.458. The third-order valence-corrected chi connectivity index (χ3v) is 1.99. The first-order valence-corrected chi connectivity index (χ1v) is 3.63. The van der Waals surface area contributed by atoms with Gasteiger partial charge in [0.1, 0.15) is 12.0 Å². The first-order chi connectivity index (χ1) is 5.70. The van der Waals surface area contributed by atoms with Crippen LogP contribution in [0.25, 0.3) is 6.20 Å². The van der Waals surface area contributed by atoms with Gasteiger partial charge in [-0.05, 0) is 12.1 Å². The Kier molecular flexibility index (Phi) is 1.36. The van der Waals surface area contributed by atoms with Gasteiger partial charge in [0.05, 0.1) is 5.69 Å². The fourth-order valence-electron chi connectivity index (χ4n) is 1.28. The van der Waals surface area contributed by atoms with Crippen molar-refractivity contribution in [3.8, 4) is 0 Å². The number of anilines is 1. The monoisotopic (exact) mass is 165 g/mol. The zero-order valence-electron chi connectivity index (χ0n) is 6.51. The van der Waals surface area contributed by atoms with Crippen molar-refractivity contribution in [2.75, 3.05) is 5.73 Å². The molecule has 64 valence electrons. The largest absolute Gasteiger partial charge is 0.385 e. The van der Waals surface area contributed by atoms with Crippen molar-refractivity contribution in [2.24, 2.45) is 11.6 Å². The molecule has 0 fully saturated rings. The SMILES string of the molecule is Nc1ccc2n1C=CN(N)C2N. The number of hydrogen-bond donors (Lipinski definition) is 3. The van der Waals surface area contributed by atoms with E-state index in [0.717, 1.165) is 5.69 Å². The second-order valence-electron chi connectivity index (χ2n) is 2.74. The molecule has 2 rings (SSSR count). The van der Waals surface area contributed by atoms with E-state index in [4.69, 9.17) is 17.3 Å². The lowest BCUT2D eigenvalue weighted by atomic mass is 10.3. The van der Waals surface area contributed by atoms with Crippen molar-refractivity contribution in [1.29, 1.82) is 0 Å². The number of aromatic nitrogens is 1. The highest BCUT2D eigenvalue weighted by molar-refractivity contribution is 5.47. The predicted octanol–water partition coefficient (Wildman–Crippen LogP) is -0.355. The summed E-state index contributed by atoms with van der Waals surface area (Å²) in [4.78, 5) is 0. The van der Waals surface area contributed by atoms with Crippen LogP contribution in [-0.4, -0.2) is 9.58 Å². The molecule has 1 aromatic rings. The van der Waals surface area contributed by atoms with E-state index in [1.807, 2.05) is 10.6 Å². The first-order valence-electron chi connectivity index (χ1n) is 3.63. The lowest BCUT2D eigenvalue weighted by molar-refractivity contribution is 0.282. The molecule has 12 heavy (non-hydrogen) atoms. The Labute approximate surface area is 70.0 Å². The topological polar surface area (TPSA) is 86.2 Å². The molecule has 0 bridgehead atoms. The summed E-state index contributed by atoms with van der Waals surface area (Å²) in [6.45, 7) is 0. The summed E-state index contributed by atoms with van der Waals surface area (Å²) >= 11 is 0. The van der Waals surface area contributed by atoms with Crippen LogP contribution in [0.2, 0.25) is 0 Å². The maximum atomic E-state index is 5.78. The van der Waals surface area contributed by atoms with Crippen LogP contribution in [0.3, 0.4) is 0 Å². The van der Waals surface area contributed by atoms with E-state index in [0.29, 0.717) is 5.82 Å². The Hall–Kier alpha value is -1.46. The van der Waals surface area contributed by atoms with E-state index in [9.17, 15) is 0 Å². The van der Waals surface area contributed by atoms with Gasteiger partial charge >= 0.3 is 0 Å². The maximum Gasteiger partial charge on any atom is 0.133 e. The molecule has 1 unspecified atom stereocenters. The highest BCUT2D eigenvalue weighted by Crippen LogP contribution is 2.22. The average molecular weight is 165 g/mol. The molecule has 6 N–H and O–H groups in total. The fraction of sp³-hybridized carbons (Fsp3) is 0.143. The van der Waals surface area contributed by atoms with Crippen LogP contribution in [0.4, 0.5) is 5.82 Å². The van der Waals surface area contributed by atoms with E-state index in [2.05, 4.69) is 0 Å². The minimum absolute atomic E-state index is 0.313. The van der Waals surface area contributed by atoms with Crippen LogP contribution in [0.1, 0.15) is 11.9 Å². The minimum Gasteiger partial charge on any atom is -0.385 e. The number of nitrogens with two attached hydrogens (primary N) is 3. The summed E-state index contributed by atoms with van der Waals surface area (Å²) in [6.07, 6.45) is 3.16. The minimum atomic E-state index is -0.313. The van der Waals surface area contributed by atoms with E-state index in [1.165, 1.54) is 5.01 Å². The van der Waals surface area contributed by atoms with Crippen molar-refractivity contribution in [1.82, 2.24) is 9.58 Å². The highest BCUT2D eigenvalue weighted by Gasteiger charge is 2.18. The third kappa shape index (κ3) is 0.806. The van der Waals surface area contributed by atoms with Crippen LogP contribution < -0.4 is 17.3 Å². The average Bonchev–Trinajstić information content (AvgIpc) is 2.41. The van der Waals surface area contributed by atoms with Gasteiger partial charge in [-0.1, -0.05) is 0 Å². The second-order valence-corrected chi connectivity index (χ2v) is 2.74. The van der Waals surface area contributed by atoms with Crippen molar-refractivity contribution >= 4 is 12.0 Å². The van der Waals surface area contributed by atoms with Crippen LogP contribution in [0, 0.1) is 0 Å². The number of hydrazine groups is 1. The van der Waals surface area contributed by atoms with Crippen molar-refractivity contribution in [2.45, 2.75) is 6.17 Å². The Morgan fingerprint density at radius 2 is 2.00 bits per heavy atom. The molecule has 0 saturated heterocycles. The van der Waals surface area contributed by atoms with Gasteiger partial charge in [-0.3, -0.25) is 5.01 Å². The van der Waals surface area contributed by atoms with Gasteiger partial charge in [-0.15, -0.1) is 0 Å². The Morgan fingerprint density at radius 1 is 1.25 bits per heavy atom. The standard InChI is InChI=1S/C7H11N5/c8-6-2-1-5-7(9)12(10)4-3-11(5)6/h1-4,7H,8-10H2. The Balaban J connectivity index is 2.53. The molecule has 2 heterocycles. The molecule has 0 aromatic carbocycles. The number of rotatable bonds is 0. The Bertz CT molecular complexity index is 327. The second kappa shape index (κ2) is 2.26. The van der Waals surface area contributed by atoms with Gasteiger partial charge in [-0.25, -0.2) is 5.84 Å². The first kappa shape index (κ1) is 7.20. The lowest BCUT2D eigenvalue weighted by Crippen LogP contribution is -2.38. The molecule has 1 aromatic heterocycles. The number of nitrogen functional groups attached to an aromatic ring is 1. The summed E-state index contributed by atoms with van der Waals surface area (Å²) in [7, 11) is 0. The molecular weight excluding hydrogens is 154 g/mol. The predicted molar refractivity (Wildman–Crippen MR) is 47.1 cm³/mol. The molecule has 5 heteroatoms. The molecule has 1 aliphatic heterocycles. The van der Waals surface area contributed by atoms with Crippen LogP contribution in [0.5, 0.6) is 0 Å². The van der Waals surface area contributed by atoms with Gasteiger partial charge in [0.25, 0.3) is 0 Å². The molecule has 1 aliphatic rings. The molecule has 0 spiro atoms. The van der Waals surface area contributed by atoms with Gasteiger partial charge in [0, 0.05) is 12.4 Å². The fourth-order valence-corrected chi connectivity index (χ4v) is 1.28. The Morgan fingerprint density at radius 3 is 2.75 bits per heavy atom. The molecular formula is C7H11N5. The molecule has 0 radical (unpaired) electrons. The van der Waals surface area contributed by atoms with E-state index in [-0.39, 0.29) is 6.17 Å². The summed E-state index contributed by atoms with van der Waals surface area (Å²) in [5.41, 5.74) is 12.3. The molecule has 5 nitrogen and oxygen atoms in total. The van der Waals surface area contributed by atoms with Crippen LogP contribution in [0.15, 0.2) is 18.3 Å². The van der Waals surface area contributed by atoms with Crippen molar-refractivity contribution in [3.63, 3.8) is 0 Å². The molecule has 1 atom stereocenters. The zero-order chi connectivity index (χ0) is 8.72. The van der Waals surface area contributed by atoms with Gasteiger partial charge < -0.3 is 16.0 Å². The summed E-state index contributed by atoms with van der Waals surface area (Å²) in [6, 6.07) is 3.67. The number of fused-ring (bicyclic) bond motifs is 1. The van der Waals surface area contributed by atoms with Gasteiger partial charge in [-0.2, -0.15) is 0 Å². The van der Waals surface area contributed by atoms with Crippen molar-refractivity contribution < 1.29 is 0 Å². The van der Waals surface area contributed by atoms with E-state index >= 15 is 0 Å². The lowest BCUT2D eigenvalue weighted by Gasteiger charge is -2.27. The molecule has 0 aliphatic carbocycles. The summed E-state index contributed by atoms with van der Waals surface area (Å²) in [5.74, 6) is 6.24. The van der Waals surface area contributed by atoms with Gasteiger partial charge in [0.15, 0.2) is 0 Å². The summed E-state index contributed by atoms with van der Waals surface area (Å²) < 4.78 is 1.81. The van der Waals surface area contributed by atoms with E-state index < -0.39 is 0 Å². The normalized spacial score (nSPS) is 21.2. The van der Waals surface area contributed by atoms with E-state index in [1.54, 1.807) is 18.5 Å². The number of nitrogens with zero attached hydrogens (tertiary/aromatic N) is 2. The summed E-state index contributed by atoms with van der Waals surface area (Å²) in [5, 5.41) is 1.44. The smallest absolute Gasteiger partial charge is 0.133 e. The highest BCUT2D eigenvalue weighted by atomic mass is 15.5. The third-order valence-electron chi connectivity index (χ3n) is 1.99. The van der Waals surface area contributed by atoms with Crippen LogP contribution >= 0.6 is 0 Å². The number of hydrogen-bond acceptors (Lipinski definition) is 4. The van der Waals surface area contributed by atoms with Gasteiger partial charge in [0.2, 0.25) is 0 Å². The van der Waals surface area contributed by atoms with Crippen LogP contribution in [-0.2, 0) is 0 Å². The zero-order valence-corrected chi connectivity index (χ0v) is 6.51. The van der Waals surface area contributed by atoms with Crippen molar-refractivity contribution in [3.05, 3.63) is 24.0 Å².